The molecule has 1 aliphatic carbocycles. The van der Waals surface area contributed by atoms with Crippen LogP contribution in [0, 0.1) is 17.8 Å². The van der Waals surface area contributed by atoms with Gasteiger partial charge in [-0.25, -0.2) is 4.79 Å². The molecule has 1 aliphatic rings. The van der Waals surface area contributed by atoms with E-state index < -0.39 is 5.97 Å². The van der Waals surface area contributed by atoms with Crippen molar-refractivity contribution in [3.05, 3.63) is 34.9 Å². The molecule has 19 heavy (non-hydrogen) atoms. The molecule has 0 aromatic heterocycles. The van der Waals surface area contributed by atoms with Crippen molar-refractivity contribution >= 4 is 5.97 Å². The summed E-state index contributed by atoms with van der Waals surface area (Å²) in [7, 11) is 0. The summed E-state index contributed by atoms with van der Waals surface area (Å²) in [6.07, 6.45) is 8.89. The zero-order valence-corrected chi connectivity index (χ0v) is 12.0. The summed E-state index contributed by atoms with van der Waals surface area (Å²) >= 11 is 0. The van der Waals surface area contributed by atoms with Gasteiger partial charge >= 0.3 is 5.97 Å². The van der Waals surface area contributed by atoms with Crippen LogP contribution in [0.2, 0.25) is 0 Å². The highest BCUT2D eigenvalue weighted by Gasteiger charge is 2.20. The number of hydrogen-bond acceptors (Lipinski definition) is 1. The summed E-state index contributed by atoms with van der Waals surface area (Å²) in [5.74, 6) is 5.67. The highest BCUT2D eigenvalue weighted by Crippen LogP contribution is 2.30. The van der Waals surface area contributed by atoms with Gasteiger partial charge in [0.05, 0.1) is 5.57 Å². The molecule has 1 rings (SSSR count). The van der Waals surface area contributed by atoms with E-state index in [-0.39, 0.29) is 5.92 Å². The molecule has 2 nitrogen and oxygen atoms in total. The second-order valence-corrected chi connectivity index (χ2v) is 4.60. The molecule has 0 radical (unpaired) electrons. The van der Waals surface area contributed by atoms with Crippen LogP contribution >= 0.6 is 0 Å². The first-order valence-corrected chi connectivity index (χ1v) is 6.93. The topological polar surface area (TPSA) is 37.3 Å². The monoisotopic (exact) mass is 258 g/mol. The van der Waals surface area contributed by atoms with Crippen LogP contribution < -0.4 is 0 Å². The molecule has 2 heteroatoms. The highest BCUT2D eigenvalue weighted by atomic mass is 16.4. The quantitative estimate of drug-likeness (QED) is 0.754. The minimum Gasteiger partial charge on any atom is -0.478 e. The third kappa shape index (κ3) is 3.86. The second-order valence-electron chi connectivity index (χ2n) is 4.60. The van der Waals surface area contributed by atoms with E-state index in [0.29, 0.717) is 12.0 Å². The summed E-state index contributed by atoms with van der Waals surface area (Å²) in [5, 5.41) is 9.41. The van der Waals surface area contributed by atoms with Crippen LogP contribution in [0.3, 0.4) is 0 Å². The van der Waals surface area contributed by atoms with Crippen LogP contribution in [0.1, 0.15) is 46.5 Å². The van der Waals surface area contributed by atoms with Crippen molar-refractivity contribution in [2.45, 2.75) is 46.5 Å². The summed E-state index contributed by atoms with van der Waals surface area (Å²) in [6, 6.07) is 0. The average Bonchev–Trinajstić information content (AvgIpc) is 2.37. The fourth-order valence-electron chi connectivity index (χ4n) is 2.39. The number of carboxylic acids is 1. The SMILES string of the molecule is C/C=C/C1=C(\CCC)C(CC)C#CC/C=C\1C(=O)O. The van der Waals surface area contributed by atoms with Crippen LogP contribution in [0.15, 0.2) is 34.9 Å². The van der Waals surface area contributed by atoms with Gasteiger partial charge in [-0.15, -0.1) is 0 Å². The molecule has 0 saturated carbocycles. The van der Waals surface area contributed by atoms with Gasteiger partial charge in [-0.3, -0.25) is 0 Å². The molecule has 0 amide bonds. The molecule has 0 aromatic carbocycles. The number of carboxylic acid groups (broad SMARTS) is 1. The molecule has 0 saturated heterocycles. The molecule has 102 valence electrons. The standard InChI is InChI=1S/C17H22O2/c1-4-9-14-13(6-3)11-7-8-12-16(17(18)19)15(14)10-5-2/h5,10,12-13H,4,6,8-9H2,1-3H3,(H,18,19)/b10-5+,15-14-,16-12+. The zero-order chi connectivity index (χ0) is 14.3. The van der Waals surface area contributed by atoms with Gasteiger partial charge in [-0.1, -0.05) is 50.3 Å². The lowest BCUT2D eigenvalue weighted by Gasteiger charge is -2.19. The normalized spacial score (nSPS) is 26.1. The molecule has 1 unspecified atom stereocenters. The molecular formula is C17H22O2. The van der Waals surface area contributed by atoms with Crippen molar-refractivity contribution in [1.29, 1.82) is 0 Å². The van der Waals surface area contributed by atoms with Crippen molar-refractivity contribution < 1.29 is 9.90 Å². The van der Waals surface area contributed by atoms with Gasteiger partial charge in [0.2, 0.25) is 0 Å². The predicted molar refractivity (Wildman–Crippen MR) is 78.6 cm³/mol. The van der Waals surface area contributed by atoms with E-state index in [1.807, 2.05) is 19.1 Å². The Morgan fingerprint density at radius 2 is 2.26 bits per heavy atom. The van der Waals surface area contributed by atoms with E-state index in [4.69, 9.17) is 0 Å². The first-order chi connectivity index (χ1) is 9.15. The fraction of sp³-hybridized carbons (Fsp3) is 0.471. The van der Waals surface area contributed by atoms with Crippen LogP contribution in [0.4, 0.5) is 0 Å². The lowest BCUT2D eigenvalue weighted by molar-refractivity contribution is -0.132. The van der Waals surface area contributed by atoms with Crippen molar-refractivity contribution in [3.8, 4) is 11.8 Å². The van der Waals surface area contributed by atoms with E-state index in [1.165, 1.54) is 5.57 Å². The van der Waals surface area contributed by atoms with E-state index in [1.54, 1.807) is 6.08 Å². The summed E-state index contributed by atoms with van der Waals surface area (Å²) < 4.78 is 0. The lowest BCUT2D eigenvalue weighted by atomic mass is 9.84. The minimum atomic E-state index is -0.861. The summed E-state index contributed by atoms with van der Waals surface area (Å²) in [4.78, 5) is 11.5. The van der Waals surface area contributed by atoms with E-state index in [0.717, 1.165) is 24.8 Å². The molecule has 0 aromatic rings. The maximum absolute atomic E-state index is 11.5. The smallest absolute Gasteiger partial charge is 0.335 e. The Balaban J connectivity index is 3.46. The predicted octanol–water partition coefficient (Wildman–Crippen LogP) is 4.10. The zero-order valence-electron chi connectivity index (χ0n) is 12.0. The lowest BCUT2D eigenvalue weighted by Crippen LogP contribution is -2.11. The largest absolute Gasteiger partial charge is 0.478 e. The molecule has 0 aliphatic heterocycles. The first kappa shape index (κ1) is 15.3. The summed E-state index contributed by atoms with van der Waals surface area (Å²) in [6.45, 7) is 6.14. The number of allylic oxidation sites excluding steroid dienone is 4. The Morgan fingerprint density at radius 3 is 2.79 bits per heavy atom. The van der Waals surface area contributed by atoms with Crippen LogP contribution in [-0.4, -0.2) is 11.1 Å². The molecule has 1 atom stereocenters. The summed E-state index contributed by atoms with van der Waals surface area (Å²) in [5.41, 5.74) is 2.43. The molecular weight excluding hydrogens is 236 g/mol. The van der Waals surface area contributed by atoms with Crippen LogP contribution in [-0.2, 0) is 4.79 Å². The molecule has 0 spiro atoms. The van der Waals surface area contributed by atoms with Gasteiger partial charge in [-0.05, 0) is 30.9 Å². The fourth-order valence-corrected chi connectivity index (χ4v) is 2.39. The molecule has 0 heterocycles. The maximum Gasteiger partial charge on any atom is 0.335 e. The number of hydrogen-bond donors (Lipinski definition) is 1. The highest BCUT2D eigenvalue weighted by molar-refractivity contribution is 5.93. The second kappa shape index (κ2) is 7.63. The van der Waals surface area contributed by atoms with E-state index in [9.17, 15) is 9.90 Å². The van der Waals surface area contributed by atoms with Crippen LogP contribution in [0.25, 0.3) is 0 Å². The molecule has 0 bridgehead atoms. The van der Waals surface area contributed by atoms with Gasteiger partial charge in [0.25, 0.3) is 0 Å². The number of rotatable bonds is 5. The molecule has 0 fully saturated rings. The van der Waals surface area contributed by atoms with Crippen molar-refractivity contribution in [3.63, 3.8) is 0 Å². The van der Waals surface area contributed by atoms with Gasteiger partial charge in [0, 0.05) is 12.3 Å². The van der Waals surface area contributed by atoms with E-state index >= 15 is 0 Å². The Hall–Kier alpha value is -1.75. The Bertz CT molecular complexity index is 481. The number of aliphatic carboxylic acids is 1. The minimum absolute atomic E-state index is 0.175. The maximum atomic E-state index is 11.5. The average molecular weight is 258 g/mol. The van der Waals surface area contributed by atoms with Crippen LogP contribution in [0.5, 0.6) is 0 Å². The third-order valence-electron chi connectivity index (χ3n) is 3.23. The molecule has 1 N–H and O–H groups in total. The van der Waals surface area contributed by atoms with E-state index in [2.05, 4.69) is 25.7 Å². The van der Waals surface area contributed by atoms with Crippen molar-refractivity contribution in [1.82, 2.24) is 0 Å². The van der Waals surface area contributed by atoms with Crippen molar-refractivity contribution in [2.75, 3.05) is 0 Å². The Kier molecular flexibility index (Phi) is 6.15. The Labute approximate surface area is 115 Å². The van der Waals surface area contributed by atoms with Crippen molar-refractivity contribution in [2.24, 2.45) is 5.92 Å². The third-order valence-corrected chi connectivity index (χ3v) is 3.23. The Morgan fingerprint density at radius 1 is 1.53 bits per heavy atom. The van der Waals surface area contributed by atoms with Gasteiger partial charge in [-0.2, -0.15) is 0 Å². The van der Waals surface area contributed by atoms with Gasteiger partial charge < -0.3 is 5.11 Å². The number of carbonyl (C=O) groups is 1. The van der Waals surface area contributed by atoms with Gasteiger partial charge in [0.15, 0.2) is 0 Å². The first-order valence-electron chi connectivity index (χ1n) is 6.93. The van der Waals surface area contributed by atoms with Gasteiger partial charge in [0.1, 0.15) is 0 Å².